The van der Waals surface area contributed by atoms with Gasteiger partial charge in [0, 0.05) is 32.3 Å². The van der Waals surface area contributed by atoms with Crippen molar-refractivity contribution in [1.82, 2.24) is 14.9 Å². The first-order valence-electron chi connectivity index (χ1n) is 12.0. The lowest BCUT2D eigenvalue weighted by Gasteiger charge is -2.30. The number of aryl methyl sites for hydroxylation is 1. The molecule has 0 radical (unpaired) electrons. The van der Waals surface area contributed by atoms with Crippen LogP contribution in [0.5, 0.6) is 5.75 Å². The molecule has 0 spiro atoms. The van der Waals surface area contributed by atoms with Crippen LogP contribution < -0.4 is 9.64 Å². The molecule has 0 atom stereocenters. The van der Waals surface area contributed by atoms with E-state index < -0.39 is 0 Å². The standard InChI is InChI=1S/C27H30N4O3/c32-26(11-8-21-6-9-24(10-7-21)34-20-22-4-2-1-3-5-22)31-13-12-23-18-28-27(29-25(23)19-31)30-14-16-33-17-15-30/h1-7,9-10,18H,8,11-17,19-20H2. The second-order valence-electron chi connectivity index (χ2n) is 8.72. The van der Waals surface area contributed by atoms with Gasteiger partial charge in [-0.15, -0.1) is 0 Å². The summed E-state index contributed by atoms with van der Waals surface area (Å²) in [6, 6.07) is 18.2. The van der Waals surface area contributed by atoms with Crippen molar-refractivity contribution in [2.75, 3.05) is 37.7 Å². The number of ether oxygens (including phenoxy) is 2. The van der Waals surface area contributed by atoms with Crippen molar-refractivity contribution in [3.8, 4) is 5.75 Å². The van der Waals surface area contributed by atoms with E-state index in [0.717, 1.165) is 60.1 Å². The Morgan fingerprint density at radius 2 is 1.76 bits per heavy atom. The number of carbonyl (C=O) groups excluding carboxylic acids is 1. The molecule has 1 aromatic heterocycles. The molecular weight excluding hydrogens is 428 g/mol. The Hall–Kier alpha value is -3.45. The number of nitrogens with zero attached hydrogens (tertiary/aromatic N) is 4. The van der Waals surface area contributed by atoms with E-state index in [9.17, 15) is 4.79 Å². The highest BCUT2D eigenvalue weighted by Gasteiger charge is 2.23. The van der Waals surface area contributed by atoms with Gasteiger partial charge in [-0.2, -0.15) is 0 Å². The Morgan fingerprint density at radius 1 is 0.971 bits per heavy atom. The van der Waals surface area contributed by atoms with Gasteiger partial charge in [0.05, 0.1) is 25.5 Å². The second-order valence-corrected chi connectivity index (χ2v) is 8.72. The van der Waals surface area contributed by atoms with Crippen LogP contribution in [0.1, 0.15) is 28.8 Å². The van der Waals surface area contributed by atoms with E-state index in [1.807, 2.05) is 53.6 Å². The maximum Gasteiger partial charge on any atom is 0.225 e. The van der Waals surface area contributed by atoms with Crippen molar-refractivity contribution >= 4 is 11.9 Å². The van der Waals surface area contributed by atoms with Gasteiger partial charge in [0.2, 0.25) is 11.9 Å². The van der Waals surface area contributed by atoms with Crippen LogP contribution in [0, 0.1) is 0 Å². The lowest BCUT2D eigenvalue weighted by Crippen LogP contribution is -2.39. The number of morpholine rings is 1. The molecule has 2 aliphatic rings. The van der Waals surface area contributed by atoms with Crippen LogP contribution in [0.15, 0.2) is 60.8 Å². The number of carbonyl (C=O) groups is 1. The van der Waals surface area contributed by atoms with Gasteiger partial charge in [-0.3, -0.25) is 4.79 Å². The fourth-order valence-corrected chi connectivity index (χ4v) is 4.32. The van der Waals surface area contributed by atoms with Gasteiger partial charge in [-0.25, -0.2) is 9.97 Å². The summed E-state index contributed by atoms with van der Waals surface area (Å²) < 4.78 is 11.3. The van der Waals surface area contributed by atoms with E-state index in [4.69, 9.17) is 14.5 Å². The van der Waals surface area contributed by atoms with Gasteiger partial charge < -0.3 is 19.3 Å². The van der Waals surface area contributed by atoms with Gasteiger partial charge in [0.25, 0.3) is 0 Å². The SMILES string of the molecule is O=C(CCc1ccc(OCc2ccccc2)cc1)N1CCc2cnc(N3CCOCC3)nc2C1. The molecule has 0 N–H and O–H groups in total. The van der Waals surface area contributed by atoms with Gasteiger partial charge in [-0.05, 0) is 41.7 Å². The first kappa shape index (κ1) is 22.3. The Balaban J connectivity index is 1.13. The molecule has 2 aromatic carbocycles. The molecule has 3 heterocycles. The summed E-state index contributed by atoms with van der Waals surface area (Å²) in [6.45, 7) is 4.83. The molecule has 0 unspecified atom stereocenters. The average molecular weight is 459 g/mol. The molecule has 5 rings (SSSR count). The van der Waals surface area contributed by atoms with Crippen molar-refractivity contribution in [3.05, 3.63) is 83.2 Å². The van der Waals surface area contributed by atoms with Crippen molar-refractivity contribution in [3.63, 3.8) is 0 Å². The van der Waals surface area contributed by atoms with Crippen molar-refractivity contribution in [2.24, 2.45) is 0 Å². The van der Waals surface area contributed by atoms with Crippen molar-refractivity contribution < 1.29 is 14.3 Å². The second kappa shape index (κ2) is 10.7. The number of amides is 1. The predicted octanol–water partition coefficient (Wildman–Crippen LogP) is 3.41. The molecule has 34 heavy (non-hydrogen) atoms. The lowest BCUT2D eigenvalue weighted by atomic mass is 10.1. The lowest BCUT2D eigenvalue weighted by molar-refractivity contribution is -0.132. The quantitative estimate of drug-likeness (QED) is 0.541. The molecule has 2 aliphatic heterocycles. The number of rotatable bonds is 7. The minimum absolute atomic E-state index is 0.168. The summed E-state index contributed by atoms with van der Waals surface area (Å²) in [4.78, 5) is 26.3. The molecule has 0 aliphatic carbocycles. The zero-order valence-corrected chi connectivity index (χ0v) is 19.4. The third-order valence-electron chi connectivity index (χ3n) is 6.38. The van der Waals surface area contributed by atoms with Crippen LogP contribution >= 0.6 is 0 Å². The first-order chi connectivity index (χ1) is 16.7. The first-order valence-corrected chi connectivity index (χ1v) is 12.0. The molecule has 1 saturated heterocycles. The summed E-state index contributed by atoms with van der Waals surface area (Å²) >= 11 is 0. The molecule has 1 amide bonds. The Bertz CT molecular complexity index is 1100. The molecule has 0 bridgehead atoms. The smallest absolute Gasteiger partial charge is 0.225 e. The van der Waals surface area contributed by atoms with E-state index in [-0.39, 0.29) is 5.91 Å². The number of hydrogen-bond acceptors (Lipinski definition) is 6. The monoisotopic (exact) mass is 458 g/mol. The van der Waals surface area contributed by atoms with Gasteiger partial charge >= 0.3 is 0 Å². The maximum atomic E-state index is 12.9. The number of hydrogen-bond donors (Lipinski definition) is 0. The fourth-order valence-electron chi connectivity index (χ4n) is 4.32. The molecule has 7 heteroatoms. The van der Waals surface area contributed by atoms with Crippen molar-refractivity contribution in [2.45, 2.75) is 32.4 Å². The Labute approximate surface area is 200 Å². The zero-order valence-electron chi connectivity index (χ0n) is 19.4. The van der Waals surface area contributed by atoms with Crippen LogP contribution in [0.3, 0.4) is 0 Å². The van der Waals surface area contributed by atoms with Gasteiger partial charge in [0.1, 0.15) is 12.4 Å². The average Bonchev–Trinajstić information content (AvgIpc) is 2.91. The summed E-state index contributed by atoms with van der Waals surface area (Å²) in [5.74, 6) is 1.75. The molecule has 3 aromatic rings. The topological polar surface area (TPSA) is 67.8 Å². The van der Waals surface area contributed by atoms with Crippen LogP contribution in [-0.2, 0) is 35.5 Å². The molecule has 1 fully saturated rings. The predicted molar refractivity (Wildman–Crippen MR) is 130 cm³/mol. The Morgan fingerprint density at radius 3 is 2.56 bits per heavy atom. The van der Waals surface area contributed by atoms with E-state index >= 15 is 0 Å². The van der Waals surface area contributed by atoms with Crippen LogP contribution in [0.2, 0.25) is 0 Å². The van der Waals surface area contributed by atoms with E-state index in [0.29, 0.717) is 39.2 Å². The highest BCUT2D eigenvalue weighted by Crippen LogP contribution is 2.21. The third kappa shape index (κ3) is 5.54. The normalized spacial score (nSPS) is 15.6. The number of benzene rings is 2. The summed E-state index contributed by atoms with van der Waals surface area (Å²) in [7, 11) is 0. The maximum absolute atomic E-state index is 12.9. The summed E-state index contributed by atoms with van der Waals surface area (Å²) in [5.41, 5.74) is 4.39. The zero-order chi connectivity index (χ0) is 23.2. The molecule has 0 saturated carbocycles. The minimum atomic E-state index is 0.168. The number of fused-ring (bicyclic) bond motifs is 1. The largest absolute Gasteiger partial charge is 0.489 e. The molecule has 176 valence electrons. The molecule has 7 nitrogen and oxygen atoms in total. The highest BCUT2D eigenvalue weighted by atomic mass is 16.5. The van der Waals surface area contributed by atoms with Crippen LogP contribution in [0.4, 0.5) is 5.95 Å². The third-order valence-corrected chi connectivity index (χ3v) is 6.38. The summed E-state index contributed by atoms with van der Waals surface area (Å²) in [6.07, 6.45) is 3.93. The van der Waals surface area contributed by atoms with Gasteiger partial charge in [-0.1, -0.05) is 42.5 Å². The number of aromatic nitrogens is 2. The molecular formula is C27H30N4O3. The van der Waals surface area contributed by atoms with E-state index in [1.165, 1.54) is 0 Å². The number of anilines is 1. The van der Waals surface area contributed by atoms with Crippen LogP contribution in [0.25, 0.3) is 0 Å². The van der Waals surface area contributed by atoms with E-state index in [2.05, 4.69) is 22.0 Å². The van der Waals surface area contributed by atoms with E-state index in [1.54, 1.807) is 0 Å². The van der Waals surface area contributed by atoms with Crippen molar-refractivity contribution in [1.29, 1.82) is 0 Å². The Kier molecular flexibility index (Phi) is 7.00. The fraction of sp³-hybridized carbons (Fsp3) is 0.370. The summed E-state index contributed by atoms with van der Waals surface area (Å²) in [5, 5.41) is 0. The minimum Gasteiger partial charge on any atom is -0.489 e. The highest BCUT2D eigenvalue weighted by molar-refractivity contribution is 5.76. The van der Waals surface area contributed by atoms with Gasteiger partial charge in [0.15, 0.2) is 0 Å². The van der Waals surface area contributed by atoms with Crippen LogP contribution in [-0.4, -0.2) is 53.6 Å².